The number of carboxylic acids is 1. The number of nitrogens with one attached hydrogen (secondary N) is 1. The summed E-state index contributed by atoms with van der Waals surface area (Å²) in [6.45, 7) is 4.07. The fourth-order valence-electron chi connectivity index (χ4n) is 4.15. The van der Waals surface area contributed by atoms with Crippen molar-refractivity contribution < 1.29 is 9.90 Å². The number of rotatable bonds is 5. The van der Waals surface area contributed by atoms with Crippen LogP contribution in [-0.4, -0.2) is 32.7 Å². The Hall–Kier alpha value is -2.92. The lowest BCUT2D eigenvalue weighted by Crippen LogP contribution is -2.33. The molecule has 1 aromatic heterocycles. The molecule has 5 nitrogen and oxygen atoms in total. The largest absolute Gasteiger partial charge is 0.478 e. The molecule has 1 unspecified atom stereocenters. The van der Waals surface area contributed by atoms with E-state index < -0.39 is 5.97 Å². The van der Waals surface area contributed by atoms with Crippen LogP contribution in [0.15, 0.2) is 54.7 Å². The SMILES string of the molecule is Cc1cn[nH]c1C1CCCCN1Cc1ccc(-c2ccccc2C(=O)O)cc1. The predicted molar refractivity (Wildman–Crippen MR) is 109 cm³/mol. The summed E-state index contributed by atoms with van der Waals surface area (Å²) in [5.74, 6) is -0.897. The first-order valence-electron chi connectivity index (χ1n) is 9.79. The lowest BCUT2D eigenvalue weighted by atomic mass is 9.96. The van der Waals surface area contributed by atoms with Crippen LogP contribution in [-0.2, 0) is 6.54 Å². The van der Waals surface area contributed by atoms with Crippen molar-refractivity contribution in [3.63, 3.8) is 0 Å². The Kier molecular flexibility index (Phi) is 5.26. The van der Waals surface area contributed by atoms with Crippen molar-refractivity contribution in [1.29, 1.82) is 0 Å². The maximum Gasteiger partial charge on any atom is 0.336 e. The third kappa shape index (κ3) is 3.71. The molecule has 0 aliphatic carbocycles. The number of aromatic amines is 1. The number of benzene rings is 2. The zero-order chi connectivity index (χ0) is 19.5. The van der Waals surface area contributed by atoms with E-state index in [-0.39, 0.29) is 0 Å². The van der Waals surface area contributed by atoms with Crippen LogP contribution in [0.4, 0.5) is 0 Å². The molecule has 0 spiro atoms. The molecule has 2 heterocycles. The molecule has 2 aromatic carbocycles. The zero-order valence-corrected chi connectivity index (χ0v) is 16.1. The van der Waals surface area contributed by atoms with Gasteiger partial charge in [0.05, 0.1) is 23.5 Å². The van der Waals surface area contributed by atoms with E-state index in [9.17, 15) is 9.90 Å². The highest BCUT2D eigenvalue weighted by atomic mass is 16.4. The lowest BCUT2D eigenvalue weighted by molar-refractivity contribution is 0.0697. The minimum absolute atomic E-state index is 0.334. The molecule has 2 N–H and O–H groups in total. The van der Waals surface area contributed by atoms with Crippen LogP contribution in [0.1, 0.15) is 52.5 Å². The highest BCUT2D eigenvalue weighted by Gasteiger charge is 2.26. The van der Waals surface area contributed by atoms with Gasteiger partial charge in [-0.15, -0.1) is 0 Å². The molecular formula is C23H25N3O2. The van der Waals surface area contributed by atoms with Crippen LogP contribution in [0.25, 0.3) is 11.1 Å². The second-order valence-electron chi connectivity index (χ2n) is 7.50. The van der Waals surface area contributed by atoms with E-state index in [1.165, 1.54) is 29.7 Å². The Labute approximate surface area is 165 Å². The maximum absolute atomic E-state index is 11.5. The normalized spacial score (nSPS) is 17.5. The van der Waals surface area contributed by atoms with Crippen LogP contribution < -0.4 is 0 Å². The fourth-order valence-corrected chi connectivity index (χ4v) is 4.15. The van der Waals surface area contributed by atoms with Gasteiger partial charge in [0.1, 0.15) is 0 Å². The summed E-state index contributed by atoms with van der Waals surface area (Å²) >= 11 is 0. The average molecular weight is 375 g/mol. The van der Waals surface area contributed by atoms with Crippen molar-refractivity contribution in [2.75, 3.05) is 6.54 Å². The number of hydrogen-bond acceptors (Lipinski definition) is 3. The molecule has 144 valence electrons. The van der Waals surface area contributed by atoms with E-state index in [1.807, 2.05) is 30.5 Å². The second kappa shape index (κ2) is 7.98. The number of nitrogens with zero attached hydrogens (tertiary/aromatic N) is 2. The van der Waals surface area contributed by atoms with Gasteiger partial charge in [0.15, 0.2) is 0 Å². The number of H-pyrrole nitrogens is 1. The molecule has 0 radical (unpaired) electrons. The average Bonchev–Trinajstić information content (AvgIpc) is 3.15. The number of carboxylic acid groups (broad SMARTS) is 1. The smallest absolute Gasteiger partial charge is 0.336 e. The van der Waals surface area contributed by atoms with Crippen molar-refractivity contribution >= 4 is 5.97 Å². The number of aromatic carboxylic acids is 1. The molecule has 0 saturated carbocycles. The number of aromatic nitrogens is 2. The Bertz CT molecular complexity index is 962. The number of hydrogen-bond donors (Lipinski definition) is 2. The van der Waals surface area contributed by atoms with Crippen LogP contribution in [0.2, 0.25) is 0 Å². The number of piperidine rings is 1. The van der Waals surface area contributed by atoms with Crippen LogP contribution in [0.3, 0.4) is 0 Å². The molecule has 1 aliphatic heterocycles. The van der Waals surface area contributed by atoms with Crippen molar-refractivity contribution in [1.82, 2.24) is 15.1 Å². The van der Waals surface area contributed by atoms with Gasteiger partial charge in [-0.3, -0.25) is 10.00 Å². The highest BCUT2D eigenvalue weighted by molar-refractivity contribution is 5.95. The topological polar surface area (TPSA) is 69.2 Å². The van der Waals surface area contributed by atoms with Gasteiger partial charge < -0.3 is 5.11 Å². The monoisotopic (exact) mass is 375 g/mol. The summed E-state index contributed by atoms with van der Waals surface area (Å²) in [4.78, 5) is 14.0. The summed E-state index contributed by atoms with van der Waals surface area (Å²) in [7, 11) is 0. The predicted octanol–water partition coefficient (Wildman–Crippen LogP) is 4.81. The van der Waals surface area contributed by atoms with Gasteiger partial charge in [0, 0.05) is 6.54 Å². The Balaban J connectivity index is 1.54. The van der Waals surface area contributed by atoms with Gasteiger partial charge >= 0.3 is 5.97 Å². The Morgan fingerprint density at radius 1 is 1.18 bits per heavy atom. The number of aryl methyl sites for hydroxylation is 1. The first-order chi connectivity index (χ1) is 13.6. The molecule has 1 saturated heterocycles. The Morgan fingerprint density at radius 3 is 2.68 bits per heavy atom. The van der Waals surface area contributed by atoms with Crippen molar-refractivity contribution in [2.45, 2.75) is 38.8 Å². The van der Waals surface area contributed by atoms with E-state index in [4.69, 9.17) is 0 Å². The molecule has 28 heavy (non-hydrogen) atoms. The Morgan fingerprint density at radius 2 is 1.96 bits per heavy atom. The van der Waals surface area contributed by atoms with Crippen LogP contribution >= 0.6 is 0 Å². The standard InChI is InChI=1S/C23H25N3O2/c1-16-14-24-25-22(16)21-8-4-5-13-26(21)15-17-9-11-18(12-10-17)19-6-2-3-7-20(19)23(27)28/h2-3,6-7,9-12,14,21H,4-5,8,13,15H2,1H3,(H,24,25)(H,27,28). The summed E-state index contributed by atoms with van der Waals surface area (Å²) in [6.07, 6.45) is 5.50. The van der Waals surface area contributed by atoms with Gasteiger partial charge in [-0.05, 0) is 54.6 Å². The van der Waals surface area contributed by atoms with E-state index in [2.05, 4.69) is 34.2 Å². The minimum atomic E-state index is -0.897. The van der Waals surface area contributed by atoms with Crippen LogP contribution in [0.5, 0.6) is 0 Å². The van der Waals surface area contributed by atoms with E-state index >= 15 is 0 Å². The van der Waals surface area contributed by atoms with Gasteiger partial charge in [0.2, 0.25) is 0 Å². The molecule has 0 bridgehead atoms. The van der Waals surface area contributed by atoms with Crippen molar-refractivity contribution in [3.8, 4) is 11.1 Å². The maximum atomic E-state index is 11.5. The fraction of sp³-hybridized carbons (Fsp3) is 0.304. The van der Waals surface area contributed by atoms with Gasteiger partial charge in [-0.2, -0.15) is 5.10 Å². The van der Waals surface area contributed by atoms with Gasteiger partial charge in [0.25, 0.3) is 0 Å². The number of likely N-dealkylation sites (tertiary alicyclic amines) is 1. The lowest BCUT2D eigenvalue weighted by Gasteiger charge is -2.35. The van der Waals surface area contributed by atoms with Crippen LogP contribution in [0, 0.1) is 6.92 Å². The van der Waals surface area contributed by atoms with Gasteiger partial charge in [-0.1, -0.05) is 48.9 Å². The molecule has 1 aliphatic rings. The third-order valence-electron chi connectivity index (χ3n) is 5.62. The minimum Gasteiger partial charge on any atom is -0.478 e. The second-order valence-corrected chi connectivity index (χ2v) is 7.50. The molecule has 4 rings (SSSR count). The summed E-state index contributed by atoms with van der Waals surface area (Å²) in [5, 5.41) is 16.8. The molecule has 1 atom stereocenters. The zero-order valence-electron chi connectivity index (χ0n) is 16.1. The summed E-state index contributed by atoms with van der Waals surface area (Å²) in [5.41, 5.74) is 5.71. The van der Waals surface area contributed by atoms with E-state index in [0.717, 1.165) is 30.6 Å². The highest BCUT2D eigenvalue weighted by Crippen LogP contribution is 2.33. The van der Waals surface area contributed by atoms with Crippen molar-refractivity contribution in [2.24, 2.45) is 0 Å². The molecular weight excluding hydrogens is 350 g/mol. The molecule has 0 amide bonds. The first-order valence-corrected chi connectivity index (χ1v) is 9.79. The van der Waals surface area contributed by atoms with E-state index in [0.29, 0.717) is 11.6 Å². The van der Waals surface area contributed by atoms with Gasteiger partial charge in [-0.25, -0.2) is 4.79 Å². The summed E-state index contributed by atoms with van der Waals surface area (Å²) < 4.78 is 0. The molecule has 3 aromatic rings. The quantitative estimate of drug-likeness (QED) is 0.671. The van der Waals surface area contributed by atoms with E-state index in [1.54, 1.807) is 12.1 Å². The third-order valence-corrected chi connectivity index (χ3v) is 5.62. The number of carbonyl (C=O) groups is 1. The first kappa shape index (κ1) is 18.4. The summed E-state index contributed by atoms with van der Waals surface area (Å²) in [6, 6.07) is 15.8. The van der Waals surface area contributed by atoms with Crippen molar-refractivity contribution in [3.05, 3.63) is 77.1 Å². The molecule has 1 fully saturated rings. The molecule has 5 heteroatoms.